The quantitative estimate of drug-likeness (QED) is 0.744. The van der Waals surface area contributed by atoms with Gasteiger partial charge in [0, 0.05) is 18.3 Å². The van der Waals surface area contributed by atoms with E-state index in [0.717, 1.165) is 6.54 Å². The smallest absolute Gasteiger partial charge is 0.0951 e. The second-order valence-electron chi connectivity index (χ2n) is 5.57. The van der Waals surface area contributed by atoms with Gasteiger partial charge in [-0.05, 0) is 32.7 Å². The van der Waals surface area contributed by atoms with Gasteiger partial charge in [0.2, 0.25) is 0 Å². The Morgan fingerprint density at radius 1 is 1.44 bits per heavy atom. The summed E-state index contributed by atoms with van der Waals surface area (Å²) in [4.78, 5) is 4.36. The molecule has 1 unspecified atom stereocenters. The molecule has 0 saturated carbocycles. The summed E-state index contributed by atoms with van der Waals surface area (Å²) >= 11 is 0. The molecule has 0 amide bonds. The molecule has 1 aliphatic heterocycles. The number of rotatable bonds is 7. The van der Waals surface area contributed by atoms with Crippen LogP contribution in [0.25, 0.3) is 0 Å². The standard InChI is InChI=1S/C15H27N3/c1-3-4-5-6-8-13(2)18-12-16-11-15(18)14-9-7-10-17-14/h11-14,17H,3-10H2,1-2H3/t13?,14-/m0/s1. The monoisotopic (exact) mass is 249 g/mol. The Bertz CT molecular complexity index is 339. The van der Waals surface area contributed by atoms with Crippen molar-refractivity contribution in [1.29, 1.82) is 0 Å². The first kappa shape index (κ1) is 13.6. The molecule has 1 aromatic heterocycles. The Morgan fingerprint density at radius 3 is 3.06 bits per heavy atom. The molecule has 1 fully saturated rings. The second kappa shape index (κ2) is 6.93. The molecule has 18 heavy (non-hydrogen) atoms. The fourth-order valence-corrected chi connectivity index (χ4v) is 2.90. The van der Waals surface area contributed by atoms with Gasteiger partial charge in [0.05, 0.1) is 12.0 Å². The van der Waals surface area contributed by atoms with Crippen LogP contribution in [0.15, 0.2) is 12.5 Å². The van der Waals surface area contributed by atoms with Gasteiger partial charge in [0.25, 0.3) is 0 Å². The molecular weight excluding hydrogens is 222 g/mol. The lowest BCUT2D eigenvalue weighted by molar-refractivity contribution is 0.443. The lowest BCUT2D eigenvalue weighted by Gasteiger charge is -2.20. The maximum Gasteiger partial charge on any atom is 0.0951 e. The summed E-state index contributed by atoms with van der Waals surface area (Å²) in [7, 11) is 0. The summed E-state index contributed by atoms with van der Waals surface area (Å²) < 4.78 is 2.38. The van der Waals surface area contributed by atoms with Crippen LogP contribution >= 0.6 is 0 Å². The zero-order valence-corrected chi connectivity index (χ0v) is 11.9. The van der Waals surface area contributed by atoms with Crippen LogP contribution in [0.1, 0.15) is 76.6 Å². The number of nitrogens with zero attached hydrogens (tertiary/aromatic N) is 2. The van der Waals surface area contributed by atoms with Gasteiger partial charge in [0.15, 0.2) is 0 Å². The molecule has 1 saturated heterocycles. The van der Waals surface area contributed by atoms with Crippen molar-refractivity contribution in [3.05, 3.63) is 18.2 Å². The van der Waals surface area contributed by atoms with E-state index in [-0.39, 0.29) is 0 Å². The summed E-state index contributed by atoms with van der Waals surface area (Å²) in [6.07, 6.45) is 13.3. The maximum atomic E-state index is 4.36. The summed E-state index contributed by atoms with van der Waals surface area (Å²) in [5, 5.41) is 3.57. The van der Waals surface area contributed by atoms with Crippen molar-refractivity contribution in [2.75, 3.05) is 6.54 Å². The fraction of sp³-hybridized carbons (Fsp3) is 0.800. The van der Waals surface area contributed by atoms with Crippen LogP contribution in [0.3, 0.4) is 0 Å². The molecule has 0 aromatic carbocycles. The number of hydrogen-bond acceptors (Lipinski definition) is 2. The zero-order chi connectivity index (χ0) is 12.8. The maximum absolute atomic E-state index is 4.36. The van der Waals surface area contributed by atoms with Crippen LogP contribution in [0.4, 0.5) is 0 Å². The Kier molecular flexibility index (Phi) is 5.24. The number of imidazole rings is 1. The number of aromatic nitrogens is 2. The molecule has 1 aliphatic rings. The summed E-state index contributed by atoms with van der Waals surface area (Å²) in [5.41, 5.74) is 1.38. The number of unbranched alkanes of at least 4 members (excludes halogenated alkanes) is 3. The number of hydrogen-bond donors (Lipinski definition) is 1. The molecule has 2 rings (SSSR count). The predicted molar refractivity (Wildman–Crippen MR) is 75.7 cm³/mol. The summed E-state index contributed by atoms with van der Waals surface area (Å²) in [6, 6.07) is 1.12. The Morgan fingerprint density at radius 2 is 2.33 bits per heavy atom. The van der Waals surface area contributed by atoms with Crippen molar-refractivity contribution in [2.24, 2.45) is 0 Å². The first-order valence-corrected chi connectivity index (χ1v) is 7.58. The third kappa shape index (κ3) is 3.35. The fourth-order valence-electron chi connectivity index (χ4n) is 2.90. The van der Waals surface area contributed by atoms with Gasteiger partial charge < -0.3 is 9.88 Å². The Balaban J connectivity index is 1.89. The molecule has 0 aliphatic carbocycles. The minimum Gasteiger partial charge on any atom is -0.330 e. The van der Waals surface area contributed by atoms with Crippen LogP contribution in [-0.4, -0.2) is 16.1 Å². The van der Waals surface area contributed by atoms with E-state index in [1.807, 2.05) is 12.5 Å². The average molecular weight is 249 g/mol. The molecule has 2 heterocycles. The van der Waals surface area contributed by atoms with Gasteiger partial charge in [-0.3, -0.25) is 0 Å². The SMILES string of the molecule is CCCCCCC(C)n1cncc1[C@@H]1CCCN1. The second-order valence-corrected chi connectivity index (χ2v) is 5.57. The topological polar surface area (TPSA) is 29.9 Å². The van der Waals surface area contributed by atoms with E-state index in [0.29, 0.717) is 12.1 Å². The lowest BCUT2D eigenvalue weighted by atomic mass is 10.1. The Labute approximate surface area is 111 Å². The van der Waals surface area contributed by atoms with Crippen LogP contribution in [0.2, 0.25) is 0 Å². The largest absolute Gasteiger partial charge is 0.330 e. The van der Waals surface area contributed by atoms with Crippen molar-refractivity contribution in [3.8, 4) is 0 Å². The summed E-state index contributed by atoms with van der Waals surface area (Å²) in [5.74, 6) is 0. The van der Waals surface area contributed by atoms with E-state index in [1.54, 1.807) is 0 Å². The van der Waals surface area contributed by atoms with Gasteiger partial charge in [0.1, 0.15) is 0 Å². The van der Waals surface area contributed by atoms with Crippen LogP contribution in [0.5, 0.6) is 0 Å². The van der Waals surface area contributed by atoms with E-state index >= 15 is 0 Å². The minimum atomic E-state index is 0.533. The van der Waals surface area contributed by atoms with Crippen molar-refractivity contribution in [2.45, 2.75) is 70.9 Å². The Hall–Kier alpha value is -0.830. The van der Waals surface area contributed by atoms with E-state index in [9.17, 15) is 0 Å². The molecular formula is C15H27N3. The third-order valence-electron chi connectivity index (χ3n) is 4.06. The van der Waals surface area contributed by atoms with E-state index in [2.05, 4.69) is 28.7 Å². The lowest BCUT2D eigenvalue weighted by Crippen LogP contribution is -2.18. The van der Waals surface area contributed by atoms with Gasteiger partial charge >= 0.3 is 0 Å². The highest BCUT2D eigenvalue weighted by Gasteiger charge is 2.21. The van der Waals surface area contributed by atoms with Crippen LogP contribution in [0, 0.1) is 0 Å². The molecule has 3 heteroatoms. The van der Waals surface area contributed by atoms with Crippen molar-refractivity contribution >= 4 is 0 Å². The molecule has 1 N–H and O–H groups in total. The van der Waals surface area contributed by atoms with Gasteiger partial charge in [-0.2, -0.15) is 0 Å². The van der Waals surface area contributed by atoms with Crippen molar-refractivity contribution in [3.63, 3.8) is 0 Å². The van der Waals surface area contributed by atoms with E-state index < -0.39 is 0 Å². The van der Waals surface area contributed by atoms with Gasteiger partial charge in [-0.15, -0.1) is 0 Å². The third-order valence-corrected chi connectivity index (χ3v) is 4.06. The van der Waals surface area contributed by atoms with E-state index in [1.165, 1.54) is 50.6 Å². The molecule has 1 aromatic rings. The zero-order valence-electron chi connectivity index (χ0n) is 11.9. The molecule has 0 spiro atoms. The van der Waals surface area contributed by atoms with Crippen molar-refractivity contribution in [1.82, 2.24) is 14.9 Å². The first-order chi connectivity index (χ1) is 8.83. The minimum absolute atomic E-state index is 0.533. The summed E-state index contributed by atoms with van der Waals surface area (Å²) in [6.45, 7) is 5.75. The molecule has 2 atom stereocenters. The highest BCUT2D eigenvalue weighted by Crippen LogP contribution is 2.26. The normalized spacial score (nSPS) is 21.3. The average Bonchev–Trinajstić information content (AvgIpc) is 3.02. The number of nitrogens with one attached hydrogen (secondary N) is 1. The molecule has 0 bridgehead atoms. The predicted octanol–water partition coefficient (Wildman–Crippen LogP) is 3.84. The van der Waals surface area contributed by atoms with Crippen LogP contribution < -0.4 is 5.32 Å². The molecule has 0 radical (unpaired) electrons. The van der Waals surface area contributed by atoms with Gasteiger partial charge in [-0.1, -0.05) is 32.6 Å². The van der Waals surface area contributed by atoms with Crippen LogP contribution in [-0.2, 0) is 0 Å². The molecule has 3 nitrogen and oxygen atoms in total. The highest BCUT2D eigenvalue weighted by molar-refractivity contribution is 5.08. The first-order valence-electron chi connectivity index (χ1n) is 7.58. The highest BCUT2D eigenvalue weighted by atomic mass is 15.1. The van der Waals surface area contributed by atoms with Gasteiger partial charge in [-0.25, -0.2) is 4.98 Å². The van der Waals surface area contributed by atoms with Crippen molar-refractivity contribution < 1.29 is 0 Å². The van der Waals surface area contributed by atoms with E-state index in [4.69, 9.17) is 0 Å². The molecule has 102 valence electrons.